The van der Waals surface area contributed by atoms with E-state index in [-0.39, 0.29) is 5.91 Å². The predicted molar refractivity (Wildman–Crippen MR) is 72.9 cm³/mol. The first-order valence-electron chi connectivity index (χ1n) is 7.09. The van der Waals surface area contributed by atoms with Crippen molar-refractivity contribution in [3.05, 3.63) is 17.5 Å². The van der Waals surface area contributed by atoms with Crippen molar-refractivity contribution in [3.63, 3.8) is 0 Å². The molecule has 3 N–H and O–H groups in total. The van der Waals surface area contributed by atoms with Gasteiger partial charge in [-0.15, -0.1) is 0 Å². The molecule has 6 nitrogen and oxygen atoms in total. The lowest BCUT2D eigenvalue weighted by molar-refractivity contribution is -0.120. The van der Waals surface area contributed by atoms with Gasteiger partial charge in [-0.3, -0.25) is 9.59 Å². The van der Waals surface area contributed by atoms with Crippen LogP contribution in [-0.4, -0.2) is 23.0 Å². The number of nitrogens with zero attached hydrogens (tertiary/aromatic N) is 1. The first-order chi connectivity index (χ1) is 9.58. The van der Waals surface area contributed by atoms with E-state index in [1.165, 1.54) is 25.5 Å². The van der Waals surface area contributed by atoms with Crippen LogP contribution in [0.15, 0.2) is 10.8 Å². The molecule has 0 aromatic carbocycles. The maximum atomic E-state index is 12.1. The summed E-state index contributed by atoms with van der Waals surface area (Å²) >= 11 is 0. The molecule has 20 heavy (non-hydrogen) atoms. The number of carbonyl (C=O) groups excluding carboxylic acids is 2. The Morgan fingerprint density at radius 1 is 1.45 bits per heavy atom. The van der Waals surface area contributed by atoms with E-state index in [2.05, 4.69) is 10.5 Å². The van der Waals surface area contributed by atoms with Crippen LogP contribution in [0.5, 0.6) is 0 Å². The minimum Gasteiger partial charge on any atom is -0.368 e. The summed E-state index contributed by atoms with van der Waals surface area (Å²) in [7, 11) is 0. The van der Waals surface area contributed by atoms with Gasteiger partial charge in [-0.1, -0.05) is 37.3 Å². The van der Waals surface area contributed by atoms with Gasteiger partial charge in [0.15, 0.2) is 0 Å². The molecule has 1 saturated carbocycles. The monoisotopic (exact) mass is 279 g/mol. The van der Waals surface area contributed by atoms with Crippen molar-refractivity contribution in [1.82, 2.24) is 10.5 Å². The van der Waals surface area contributed by atoms with E-state index >= 15 is 0 Å². The highest BCUT2D eigenvalue weighted by atomic mass is 16.5. The molecule has 1 atom stereocenters. The summed E-state index contributed by atoms with van der Waals surface area (Å²) in [6, 6.07) is -0.625. The number of hydrogen-bond acceptors (Lipinski definition) is 4. The molecule has 2 rings (SSSR count). The van der Waals surface area contributed by atoms with Gasteiger partial charge in [-0.25, -0.2) is 0 Å². The number of rotatable bonds is 5. The van der Waals surface area contributed by atoms with E-state index in [4.69, 9.17) is 10.3 Å². The van der Waals surface area contributed by atoms with Crippen LogP contribution in [0, 0.1) is 12.8 Å². The third-order valence-electron chi connectivity index (χ3n) is 3.94. The molecule has 1 aliphatic carbocycles. The summed E-state index contributed by atoms with van der Waals surface area (Å²) in [5.74, 6) is -0.383. The van der Waals surface area contributed by atoms with Gasteiger partial charge >= 0.3 is 0 Å². The Kier molecular flexibility index (Phi) is 4.76. The third kappa shape index (κ3) is 3.59. The fourth-order valence-corrected chi connectivity index (χ4v) is 2.75. The molecular formula is C14H21N3O3. The van der Waals surface area contributed by atoms with Crippen LogP contribution in [0.2, 0.25) is 0 Å². The highest BCUT2D eigenvalue weighted by molar-refractivity contribution is 5.97. The normalized spacial score (nSPS) is 17.6. The minimum absolute atomic E-state index is 0.347. The van der Waals surface area contributed by atoms with Gasteiger partial charge in [-0.2, -0.15) is 0 Å². The Labute approximate surface area is 118 Å². The Balaban J connectivity index is 1.96. The molecule has 2 amide bonds. The zero-order valence-electron chi connectivity index (χ0n) is 11.7. The molecule has 0 unspecified atom stereocenters. The van der Waals surface area contributed by atoms with E-state index in [1.807, 2.05) is 0 Å². The van der Waals surface area contributed by atoms with Gasteiger partial charge in [0, 0.05) is 0 Å². The van der Waals surface area contributed by atoms with Crippen molar-refractivity contribution in [2.24, 2.45) is 11.7 Å². The quantitative estimate of drug-likeness (QED) is 0.854. The molecule has 0 saturated heterocycles. The average molecular weight is 279 g/mol. The first-order valence-corrected chi connectivity index (χ1v) is 7.09. The molecule has 6 heteroatoms. The van der Waals surface area contributed by atoms with Gasteiger partial charge in [-0.05, 0) is 19.3 Å². The van der Waals surface area contributed by atoms with E-state index in [0.717, 1.165) is 12.8 Å². The first kappa shape index (κ1) is 14.6. The number of primary amides is 1. The number of nitrogens with one attached hydrogen (secondary N) is 1. The molecule has 1 aliphatic rings. The third-order valence-corrected chi connectivity index (χ3v) is 3.94. The van der Waals surface area contributed by atoms with Crippen LogP contribution in [0.4, 0.5) is 0 Å². The summed E-state index contributed by atoms with van der Waals surface area (Å²) in [6.07, 6.45) is 7.74. The topological polar surface area (TPSA) is 98.2 Å². The van der Waals surface area contributed by atoms with Crippen molar-refractivity contribution in [1.29, 1.82) is 0 Å². The van der Waals surface area contributed by atoms with Gasteiger partial charge in [0.25, 0.3) is 5.91 Å². The average Bonchev–Trinajstić information content (AvgIpc) is 2.85. The summed E-state index contributed by atoms with van der Waals surface area (Å²) in [4.78, 5) is 23.6. The van der Waals surface area contributed by atoms with Crippen LogP contribution >= 0.6 is 0 Å². The molecule has 0 spiro atoms. The second-order valence-electron chi connectivity index (χ2n) is 5.48. The summed E-state index contributed by atoms with van der Waals surface area (Å²) in [5, 5.41) is 6.35. The Morgan fingerprint density at radius 3 is 2.70 bits per heavy atom. The largest absolute Gasteiger partial charge is 0.368 e. The molecule has 0 radical (unpaired) electrons. The standard InChI is InChI=1S/C14H21N3O3/c1-9-11(8-20-17-9)14(19)16-12(13(15)18)7-10-5-3-2-4-6-10/h8,10,12H,2-7H2,1H3,(H2,15,18)(H,16,19)/t12-/m0/s1. The predicted octanol–water partition coefficient (Wildman–Crippen LogP) is 1.54. The van der Waals surface area contributed by atoms with E-state index in [0.29, 0.717) is 23.6 Å². The molecule has 110 valence electrons. The number of hydrogen-bond donors (Lipinski definition) is 2. The Morgan fingerprint density at radius 2 is 2.15 bits per heavy atom. The minimum atomic E-state index is -0.625. The zero-order chi connectivity index (χ0) is 14.5. The SMILES string of the molecule is Cc1nocc1C(=O)N[C@@H](CC1CCCCC1)C(N)=O. The van der Waals surface area contributed by atoms with Crippen LogP contribution in [-0.2, 0) is 4.79 Å². The number of aryl methyl sites for hydroxylation is 1. The van der Waals surface area contributed by atoms with Crippen LogP contribution in [0.25, 0.3) is 0 Å². The lowest BCUT2D eigenvalue weighted by Crippen LogP contribution is -2.45. The van der Waals surface area contributed by atoms with Crippen molar-refractivity contribution in [2.45, 2.75) is 51.5 Å². The van der Waals surface area contributed by atoms with Crippen molar-refractivity contribution in [3.8, 4) is 0 Å². The molecule has 1 aromatic heterocycles. The zero-order valence-corrected chi connectivity index (χ0v) is 11.7. The number of nitrogens with two attached hydrogens (primary N) is 1. The smallest absolute Gasteiger partial charge is 0.257 e. The maximum Gasteiger partial charge on any atom is 0.257 e. The molecule has 0 aliphatic heterocycles. The fourth-order valence-electron chi connectivity index (χ4n) is 2.75. The van der Waals surface area contributed by atoms with Crippen molar-refractivity contribution in [2.75, 3.05) is 0 Å². The Bertz CT molecular complexity index is 478. The highest BCUT2D eigenvalue weighted by Crippen LogP contribution is 2.27. The molecule has 1 fully saturated rings. The number of aromatic nitrogens is 1. The maximum absolute atomic E-state index is 12.1. The fraction of sp³-hybridized carbons (Fsp3) is 0.643. The highest BCUT2D eigenvalue weighted by Gasteiger charge is 2.25. The number of carbonyl (C=O) groups is 2. The van der Waals surface area contributed by atoms with Gasteiger partial charge in [0.1, 0.15) is 17.9 Å². The van der Waals surface area contributed by atoms with E-state index < -0.39 is 11.9 Å². The molecule has 1 heterocycles. The second kappa shape index (κ2) is 6.54. The van der Waals surface area contributed by atoms with Crippen molar-refractivity contribution < 1.29 is 14.1 Å². The lowest BCUT2D eigenvalue weighted by Gasteiger charge is -2.25. The van der Waals surface area contributed by atoms with E-state index in [9.17, 15) is 9.59 Å². The summed E-state index contributed by atoms with van der Waals surface area (Å²) in [6.45, 7) is 1.68. The summed E-state index contributed by atoms with van der Waals surface area (Å²) in [5.41, 5.74) is 6.25. The van der Waals surface area contributed by atoms with Gasteiger partial charge in [0.05, 0.1) is 5.69 Å². The van der Waals surface area contributed by atoms with Crippen LogP contribution in [0.3, 0.4) is 0 Å². The van der Waals surface area contributed by atoms with Crippen LogP contribution < -0.4 is 11.1 Å². The van der Waals surface area contributed by atoms with Crippen LogP contribution in [0.1, 0.15) is 54.6 Å². The van der Waals surface area contributed by atoms with Gasteiger partial charge in [0.2, 0.25) is 5.91 Å². The van der Waals surface area contributed by atoms with E-state index in [1.54, 1.807) is 6.92 Å². The van der Waals surface area contributed by atoms with Gasteiger partial charge < -0.3 is 15.6 Å². The lowest BCUT2D eigenvalue weighted by atomic mass is 9.84. The molecule has 1 aromatic rings. The molecular weight excluding hydrogens is 258 g/mol. The Hall–Kier alpha value is -1.85. The second-order valence-corrected chi connectivity index (χ2v) is 5.48. The molecule has 0 bridgehead atoms. The van der Waals surface area contributed by atoms with Crippen molar-refractivity contribution >= 4 is 11.8 Å². The number of amides is 2. The summed E-state index contributed by atoms with van der Waals surface area (Å²) < 4.78 is 4.73.